The number of benzene rings is 2. The van der Waals surface area contributed by atoms with E-state index >= 15 is 0 Å². The molecule has 1 atom stereocenters. The summed E-state index contributed by atoms with van der Waals surface area (Å²) >= 11 is 0. The zero-order valence-corrected chi connectivity index (χ0v) is 19.8. The SMILES string of the molecule is CC(C)c1ccc(S(=O)(=O)C(CNS(=O)(=O)c2ccc3c(c2)OCO3)c2cccnc2)cc1. The van der Waals surface area contributed by atoms with Gasteiger partial charge in [-0.25, -0.2) is 21.6 Å². The molecule has 3 aromatic rings. The highest BCUT2D eigenvalue weighted by Crippen LogP contribution is 2.34. The summed E-state index contributed by atoms with van der Waals surface area (Å²) in [7, 11) is -7.94. The quantitative estimate of drug-likeness (QED) is 0.517. The molecule has 4 rings (SSSR count). The molecule has 0 radical (unpaired) electrons. The van der Waals surface area contributed by atoms with Gasteiger partial charge in [0.2, 0.25) is 16.8 Å². The minimum Gasteiger partial charge on any atom is -0.454 e. The van der Waals surface area contributed by atoms with E-state index in [2.05, 4.69) is 9.71 Å². The summed E-state index contributed by atoms with van der Waals surface area (Å²) in [6.07, 6.45) is 2.96. The lowest BCUT2D eigenvalue weighted by Gasteiger charge is -2.19. The van der Waals surface area contributed by atoms with Gasteiger partial charge in [-0.2, -0.15) is 0 Å². The van der Waals surface area contributed by atoms with Gasteiger partial charge in [0, 0.05) is 25.0 Å². The maximum atomic E-state index is 13.5. The monoisotopic (exact) mass is 488 g/mol. The van der Waals surface area contributed by atoms with Gasteiger partial charge in [0.05, 0.1) is 9.79 Å². The molecule has 0 bridgehead atoms. The van der Waals surface area contributed by atoms with E-state index in [0.717, 1.165) is 5.56 Å². The van der Waals surface area contributed by atoms with Crippen molar-refractivity contribution in [3.05, 3.63) is 78.1 Å². The molecule has 0 amide bonds. The van der Waals surface area contributed by atoms with E-state index in [-0.39, 0.29) is 29.0 Å². The highest BCUT2D eigenvalue weighted by atomic mass is 32.2. The predicted molar refractivity (Wildman–Crippen MR) is 122 cm³/mol. The maximum absolute atomic E-state index is 13.5. The molecule has 2 heterocycles. The van der Waals surface area contributed by atoms with E-state index in [1.165, 1.54) is 30.6 Å². The summed E-state index contributed by atoms with van der Waals surface area (Å²) < 4.78 is 65.8. The third-order valence-electron chi connectivity index (χ3n) is 5.42. The van der Waals surface area contributed by atoms with Crippen molar-refractivity contribution in [1.82, 2.24) is 9.71 Å². The molecule has 2 aromatic carbocycles. The average molecular weight is 489 g/mol. The average Bonchev–Trinajstić information content (AvgIpc) is 3.28. The number of nitrogens with one attached hydrogen (secondary N) is 1. The van der Waals surface area contributed by atoms with Crippen molar-refractivity contribution in [3.63, 3.8) is 0 Å². The standard InChI is InChI=1S/C23H24N2O6S2/c1-16(2)17-5-7-19(8-6-17)32(26,27)23(18-4-3-11-24-13-18)14-25-33(28,29)20-9-10-21-22(12-20)31-15-30-21/h3-13,16,23,25H,14-15H2,1-2H3. The fourth-order valence-corrected chi connectivity index (χ4v) is 6.30. The van der Waals surface area contributed by atoms with E-state index in [9.17, 15) is 16.8 Å². The smallest absolute Gasteiger partial charge is 0.240 e. The number of rotatable bonds is 8. The Bertz CT molecular complexity index is 1340. The molecule has 1 aromatic heterocycles. The van der Waals surface area contributed by atoms with Crippen LogP contribution < -0.4 is 14.2 Å². The van der Waals surface area contributed by atoms with Crippen LogP contribution >= 0.6 is 0 Å². The maximum Gasteiger partial charge on any atom is 0.240 e. The lowest BCUT2D eigenvalue weighted by atomic mass is 10.0. The van der Waals surface area contributed by atoms with Crippen LogP contribution in [0.15, 0.2) is 76.8 Å². The number of sulfonamides is 1. The zero-order valence-electron chi connectivity index (χ0n) is 18.1. The van der Waals surface area contributed by atoms with Gasteiger partial charge >= 0.3 is 0 Å². The molecule has 8 nitrogen and oxygen atoms in total. The fraction of sp³-hybridized carbons (Fsp3) is 0.261. The first-order valence-electron chi connectivity index (χ1n) is 10.3. The van der Waals surface area contributed by atoms with Crippen LogP contribution in [0.1, 0.15) is 36.1 Å². The molecule has 0 aliphatic carbocycles. The Labute approximate surface area is 193 Å². The Morgan fingerprint density at radius 1 is 0.909 bits per heavy atom. The van der Waals surface area contributed by atoms with Gasteiger partial charge in [0.1, 0.15) is 5.25 Å². The van der Waals surface area contributed by atoms with Crippen LogP contribution in [-0.2, 0) is 19.9 Å². The molecule has 0 saturated carbocycles. The van der Waals surface area contributed by atoms with Crippen LogP contribution in [0.5, 0.6) is 11.5 Å². The molecular weight excluding hydrogens is 464 g/mol. The van der Waals surface area contributed by atoms with Gasteiger partial charge in [0.15, 0.2) is 21.3 Å². The number of pyridine rings is 1. The van der Waals surface area contributed by atoms with Crippen LogP contribution in [0.25, 0.3) is 0 Å². The summed E-state index contributed by atoms with van der Waals surface area (Å²) in [5, 5.41) is -1.17. The fourth-order valence-electron chi connectivity index (χ4n) is 3.49. The number of fused-ring (bicyclic) bond motifs is 1. The van der Waals surface area contributed by atoms with Gasteiger partial charge in [-0.3, -0.25) is 4.98 Å². The Hall–Kier alpha value is -2.95. The number of ether oxygens (including phenoxy) is 2. The van der Waals surface area contributed by atoms with E-state index < -0.39 is 25.1 Å². The van der Waals surface area contributed by atoms with Gasteiger partial charge in [-0.05, 0) is 47.4 Å². The Balaban J connectivity index is 1.64. The van der Waals surface area contributed by atoms with Gasteiger partial charge in [-0.1, -0.05) is 32.0 Å². The van der Waals surface area contributed by atoms with Crippen LogP contribution in [0.3, 0.4) is 0 Å². The van der Waals surface area contributed by atoms with Crippen LogP contribution in [0.2, 0.25) is 0 Å². The number of aromatic nitrogens is 1. The Morgan fingerprint density at radius 3 is 2.27 bits per heavy atom. The van der Waals surface area contributed by atoms with Gasteiger partial charge in [-0.15, -0.1) is 0 Å². The summed E-state index contributed by atoms with van der Waals surface area (Å²) in [4.78, 5) is 4.09. The second-order valence-corrected chi connectivity index (χ2v) is 11.8. The lowest BCUT2D eigenvalue weighted by Crippen LogP contribution is -2.32. The van der Waals surface area contributed by atoms with Crippen LogP contribution in [0.4, 0.5) is 0 Å². The molecular formula is C23H24N2O6S2. The summed E-state index contributed by atoms with van der Waals surface area (Å²) in [5.74, 6) is 1.03. The first kappa shape index (κ1) is 23.2. The second-order valence-electron chi connectivity index (χ2n) is 7.91. The molecule has 1 aliphatic rings. The minimum absolute atomic E-state index is 0.0171. The highest BCUT2D eigenvalue weighted by Gasteiger charge is 2.31. The van der Waals surface area contributed by atoms with E-state index in [4.69, 9.17) is 9.47 Å². The Morgan fingerprint density at radius 2 is 1.61 bits per heavy atom. The Kier molecular flexibility index (Phi) is 6.42. The molecule has 33 heavy (non-hydrogen) atoms. The van der Waals surface area contributed by atoms with E-state index in [1.807, 2.05) is 13.8 Å². The van der Waals surface area contributed by atoms with Crippen molar-refractivity contribution in [2.45, 2.75) is 34.8 Å². The van der Waals surface area contributed by atoms with Gasteiger partial charge < -0.3 is 9.47 Å². The normalized spacial score (nSPS) is 14.4. The molecule has 1 aliphatic heterocycles. The summed E-state index contributed by atoms with van der Waals surface area (Å²) in [6, 6.07) is 14.1. The lowest BCUT2D eigenvalue weighted by molar-refractivity contribution is 0.174. The number of hydrogen-bond acceptors (Lipinski definition) is 7. The molecule has 174 valence electrons. The van der Waals surface area contributed by atoms with Crippen molar-refractivity contribution in [1.29, 1.82) is 0 Å². The molecule has 1 N–H and O–H groups in total. The zero-order chi connectivity index (χ0) is 23.6. The van der Waals surface area contributed by atoms with Crippen molar-refractivity contribution in [3.8, 4) is 11.5 Å². The van der Waals surface area contributed by atoms with Gasteiger partial charge in [0.25, 0.3) is 0 Å². The summed E-state index contributed by atoms with van der Waals surface area (Å²) in [6.45, 7) is 3.69. The van der Waals surface area contributed by atoms with Crippen molar-refractivity contribution in [2.75, 3.05) is 13.3 Å². The third-order valence-corrected chi connectivity index (χ3v) is 8.96. The largest absolute Gasteiger partial charge is 0.454 e. The van der Waals surface area contributed by atoms with Crippen molar-refractivity contribution in [2.24, 2.45) is 0 Å². The third kappa shape index (κ3) is 4.87. The molecule has 0 spiro atoms. The van der Waals surface area contributed by atoms with Crippen molar-refractivity contribution >= 4 is 19.9 Å². The molecule has 10 heteroatoms. The number of hydrogen-bond donors (Lipinski definition) is 1. The molecule has 0 fully saturated rings. The molecule has 1 unspecified atom stereocenters. The van der Waals surface area contributed by atoms with Crippen LogP contribution in [0, 0.1) is 0 Å². The molecule has 0 saturated heterocycles. The van der Waals surface area contributed by atoms with E-state index in [1.54, 1.807) is 36.4 Å². The first-order chi connectivity index (χ1) is 15.7. The highest BCUT2D eigenvalue weighted by molar-refractivity contribution is 7.92. The topological polar surface area (TPSA) is 112 Å². The van der Waals surface area contributed by atoms with E-state index in [0.29, 0.717) is 17.1 Å². The number of nitrogens with zero attached hydrogens (tertiary/aromatic N) is 1. The number of sulfone groups is 1. The summed E-state index contributed by atoms with van der Waals surface area (Å²) in [5.41, 5.74) is 1.40. The first-order valence-corrected chi connectivity index (χ1v) is 13.3. The van der Waals surface area contributed by atoms with Crippen LogP contribution in [-0.4, -0.2) is 35.2 Å². The van der Waals surface area contributed by atoms with Crippen molar-refractivity contribution < 1.29 is 26.3 Å². The predicted octanol–water partition coefficient (Wildman–Crippen LogP) is 3.43. The minimum atomic E-state index is -4.02. The second kappa shape index (κ2) is 9.12.